The number of nitrogens with zero attached hydrogens (tertiary/aromatic N) is 2. The lowest BCUT2D eigenvalue weighted by Crippen LogP contribution is -2.12. The summed E-state index contributed by atoms with van der Waals surface area (Å²) in [5, 5.41) is 9.50. The normalized spacial score (nSPS) is 13.6. The number of pyridine rings is 1. The van der Waals surface area contributed by atoms with Crippen molar-refractivity contribution in [2.45, 2.75) is 19.9 Å². The molecule has 2 N–H and O–H groups in total. The van der Waals surface area contributed by atoms with Gasteiger partial charge in [0.1, 0.15) is 0 Å². The summed E-state index contributed by atoms with van der Waals surface area (Å²) in [7, 11) is 0. The van der Waals surface area contributed by atoms with Crippen LogP contribution in [0.25, 0.3) is 11.1 Å². The van der Waals surface area contributed by atoms with Crippen LogP contribution in [0.4, 0.5) is 0 Å². The van der Waals surface area contributed by atoms with Gasteiger partial charge in [-0.2, -0.15) is 5.10 Å². The van der Waals surface area contributed by atoms with E-state index in [0.29, 0.717) is 12.1 Å². The van der Waals surface area contributed by atoms with Crippen LogP contribution < -0.4 is 5.32 Å². The summed E-state index contributed by atoms with van der Waals surface area (Å²) in [6, 6.07) is 1.91. The van der Waals surface area contributed by atoms with Crippen molar-refractivity contribution in [3.63, 3.8) is 0 Å². The van der Waals surface area contributed by atoms with E-state index in [0.717, 1.165) is 28.9 Å². The molecule has 3 rings (SSSR count). The molecule has 1 aliphatic heterocycles. The molecule has 0 fully saturated rings. The van der Waals surface area contributed by atoms with Crippen LogP contribution in [0.15, 0.2) is 18.5 Å². The summed E-state index contributed by atoms with van der Waals surface area (Å²) in [6.07, 6.45) is 4.40. The predicted molar refractivity (Wildman–Crippen MR) is 62.4 cm³/mol. The van der Waals surface area contributed by atoms with Crippen molar-refractivity contribution in [2.75, 3.05) is 0 Å². The molecule has 0 atom stereocenters. The Morgan fingerprint density at radius 3 is 3.00 bits per heavy atom. The quantitative estimate of drug-likeness (QED) is 0.813. The number of hydrogen-bond donors (Lipinski definition) is 2. The van der Waals surface area contributed by atoms with E-state index in [1.165, 1.54) is 0 Å². The fraction of sp³-hybridized carbons (Fsp3) is 0.250. The van der Waals surface area contributed by atoms with E-state index in [4.69, 9.17) is 0 Å². The van der Waals surface area contributed by atoms with Crippen LogP contribution in [0.3, 0.4) is 0 Å². The first-order valence-electron chi connectivity index (χ1n) is 5.59. The van der Waals surface area contributed by atoms with Crippen LogP contribution in [0, 0.1) is 0 Å². The Morgan fingerprint density at radius 1 is 1.41 bits per heavy atom. The lowest BCUT2D eigenvalue weighted by Gasteiger charge is -2.07. The maximum absolute atomic E-state index is 11.6. The number of aromatic nitrogens is 3. The van der Waals surface area contributed by atoms with E-state index >= 15 is 0 Å². The summed E-state index contributed by atoms with van der Waals surface area (Å²) in [5.74, 6) is -0.0418. The van der Waals surface area contributed by atoms with Gasteiger partial charge in [0, 0.05) is 23.0 Å². The molecule has 0 unspecified atom stereocenters. The lowest BCUT2D eigenvalue weighted by molar-refractivity contribution is 0.0966. The largest absolute Gasteiger partial charge is 0.346 e. The zero-order chi connectivity index (χ0) is 11.8. The molecule has 17 heavy (non-hydrogen) atoms. The Morgan fingerprint density at radius 2 is 2.29 bits per heavy atom. The van der Waals surface area contributed by atoms with Crippen molar-refractivity contribution >= 4 is 5.91 Å². The minimum absolute atomic E-state index is 0.0418. The number of carbonyl (C=O) groups excluding carboxylic acids is 1. The molecular formula is C12H12N4O. The smallest absolute Gasteiger partial charge is 0.253 e. The Labute approximate surface area is 98.3 Å². The summed E-state index contributed by atoms with van der Waals surface area (Å²) < 4.78 is 0. The molecule has 2 aromatic heterocycles. The van der Waals surface area contributed by atoms with Gasteiger partial charge in [0.2, 0.25) is 0 Å². The highest BCUT2D eigenvalue weighted by Crippen LogP contribution is 2.26. The number of nitrogens with one attached hydrogen (secondary N) is 2. The third kappa shape index (κ3) is 1.51. The highest BCUT2D eigenvalue weighted by molar-refractivity contribution is 5.99. The number of hydrogen-bond acceptors (Lipinski definition) is 3. The number of rotatable bonds is 2. The fourth-order valence-corrected chi connectivity index (χ4v) is 2.10. The van der Waals surface area contributed by atoms with Crippen LogP contribution in [-0.4, -0.2) is 21.1 Å². The van der Waals surface area contributed by atoms with Crippen LogP contribution in [0.1, 0.15) is 28.7 Å². The van der Waals surface area contributed by atoms with E-state index in [2.05, 4.69) is 27.4 Å². The van der Waals surface area contributed by atoms with Gasteiger partial charge in [0.25, 0.3) is 5.91 Å². The number of carbonyl (C=O) groups is 1. The molecule has 5 nitrogen and oxygen atoms in total. The average molecular weight is 228 g/mol. The minimum atomic E-state index is -0.0418. The van der Waals surface area contributed by atoms with Crippen LogP contribution in [-0.2, 0) is 13.0 Å². The Hall–Kier alpha value is -2.17. The fourth-order valence-electron chi connectivity index (χ4n) is 2.10. The standard InChI is InChI=1S/C12H12N4O/c1-2-10-8(7-4-14-15-5-7)3-9-11(16-10)6-13-12(9)17/h3-5H,2,6H2,1H3,(H,13,17)(H,14,15). The lowest BCUT2D eigenvalue weighted by atomic mass is 10.0. The molecule has 0 bridgehead atoms. The molecule has 3 heterocycles. The molecule has 1 aliphatic rings. The van der Waals surface area contributed by atoms with Gasteiger partial charge in [-0.15, -0.1) is 0 Å². The molecule has 5 heteroatoms. The number of amides is 1. The zero-order valence-corrected chi connectivity index (χ0v) is 9.45. The second-order valence-electron chi connectivity index (χ2n) is 4.00. The summed E-state index contributed by atoms with van der Waals surface area (Å²) in [5.41, 5.74) is 4.48. The molecule has 0 radical (unpaired) electrons. The van der Waals surface area contributed by atoms with Crippen molar-refractivity contribution in [3.05, 3.63) is 35.4 Å². The Kier molecular flexibility index (Phi) is 2.18. The number of aromatic amines is 1. The zero-order valence-electron chi connectivity index (χ0n) is 9.45. The number of H-pyrrole nitrogens is 1. The van der Waals surface area contributed by atoms with Gasteiger partial charge in [0.15, 0.2) is 0 Å². The maximum atomic E-state index is 11.6. The molecule has 0 aromatic carbocycles. The average Bonchev–Trinajstić information content (AvgIpc) is 2.98. The molecular weight excluding hydrogens is 216 g/mol. The van der Waals surface area contributed by atoms with Gasteiger partial charge in [-0.25, -0.2) is 0 Å². The number of fused-ring (bicyclic) bond motifs is 1. The van der Waals surface area contributed by atoms with Crippen molar-refractivity contribution in [1.29, 1.82) is 0 Å². The van der Waals surface area contributed by atoms with Crippen molar-refractivity contribution < 1.29 is 4.79 Å². The van der Waals surface area contributed by atoms with Crippen LogP contribution in [0.2, 0.25) is 0 Å². The molecule has 1 amide bonds. The molecule has 86 valence electrons. The van der Waals surface area contributed by atoms with Gasteiger partial charge >= 0.3 is 0 Å². The second-order valence-corrected chi connectivity index (χ2v) is 4.00. The first kappa shape index (κ1) is 10.0. The van der Waals surface area contributed by atoms with Gasteiger partial charge < -0.3 is 5.32 Å². The molecule has 0 aliphatic carbocycles. The second kappa shape index (κ2) is 3.69. The Bertz CT molecular complexity index is 574. The number of aryl methyl sites for hydroxylation is 1. The summed E-state index contributed by atoms with van der Waals surface area (Å²) in [4.78, 5) is 16.2. The first-order valence-corrected chi connectivity index (χ1v) is 5.59. The predicted octanol–water partition coefficient (Wildman–Crippen LogP) is 1.28. The maximum Gasteiger partial charge on any atom is 0.253 e. The van der Waals surface area contributed by atoms with Crippen molar-refractivity contribution in [1.82, 2.24) is 20.5 Å². The van der Waals surface area contributed by atoms with E-state index in [-0.39, 0.29) is 5.91 Å². The topological polar surface area (TPSA) is 70.7 Å². The molecule has 0 spiro atoms. The van der Waals surface area contributed by atoms with Gasteiger partial charge in [-0.3, -0.25) is 14.9 Å². The summed E-state index contributed by atoms with van der Waals surface area (Å²) in [6.45, 7) is 2.59. The molecule has 0 saturated heterocycles. The van der Waals surface area contributed by atoms with E-state index in [1.807, 2.05) is 12.3 Å². The van der Waals surface area contributed by atoms with Gasteiger partial charge in [-0.1, -0.05) is 6.92 Å². The molecule has 0 saturated carbocycles. The van der Waals surface area contributed by atoms with Gasteiger partial charge in [0.05, 0.1) is 24.0 Å². The third-order valence-electron chi connectivity index (χ3n) is 2.99. The van der Waals surface area contributed by atoms with E-state index in [9.17, 15) is 4.79 Å². The minimum Gasteiger partial charge on any atom is -0.346 e. The van der Waals surface area contributed by atoms with Crippen molar-refractivity contribution in [3.8, 4) is 11.1 Å². The van der Waals surface area contributed by atoms with E-state index in [1.54, 1.807) is 6.20 Å². The van der Waals surface area contributed by atoms with Crippen LogP contribution >= 0.6 is 0 Å². The van der Waals surface area contributed by atoms with Gasteiger partial charge in [-0.05, 0) is 12.5 Å². The van der Waals surface area contributed by atoms with Crippen LogP contribution in [0.5, 0.6) is 0 Å². The third-order valence-corrected chi connectivity index (χ3v) is 2.99. The van der Waals surface area contributed by atoms with E-state index < -0.39 is 0 Å². The van der Waals surface area contributed by atoms with Crippen molar-refractivity contribution in [2.24, 2.45) is 0 Å². The Balaban J connectivity index is 2.21. The first-order chi connectivity index (χ1) is 8.29. The molecule has 2 aromatic rings. The highest BCUT2D eigenvalue weighted by Gasteiger charge is 2.22. The SMILES string of the molecule is CCc1nc2c(cc1-c1cn[nH]c1)C(=O)NC2. The summed E-state index contributed by atoms with van der Waals surface area (Å²) >= 11 is 0. The monoisotopic (exact) mass is 228 g/mol. The highest BCUT2D eigenvalue weighted by atomic mass is 16.1.